The number of primary amides is 1. The van der Waals surface area contributed by atoms with Gasteiger partial charge in [0.25, 0.3) is 0 Å². The zero-order valence-electron chi connectivity index (χ0n) is 12.8. The zero-order chi connectivity index (χ0) is 16.9. The van der Waals surface area contributed by atoms with Gasteiger partial charge in [-0.25, -0.2) is 20.0 Å². The number of amides is 4. The maximum atomic E-state index is 12.2. The molecule has 24 heavy (non-hydrogen) atoms. The van der Waals surface area contributed by atoms with Crippen LogP contribution in [-0.4, -0.2) is 12.1 Å². The Morgan fingerprint density at radius 3 is 2.25 bits per heavy atom. The van der Waals surface area contributed by atoms with Gasteiger partial charge >= 0.3 is 12.1 Å². The first kappa shape index (κ1) is 15.4. The van der Waals surface area contributed by atoms with Crippen LogP contribution in [0, 0.1) is 0 Å². The van der Waals surface area contributed by atoms with Gasteiger partial charge in [-0.3, -0.25) is 0 Å². The number of nitrogens with one attached hydrogen (secondary N) is 2. The van der Waals surface area contributed by atoms with Crippen molar-refractivity contribution < 1.29 is 9.59 Å². The smallest absolute Gasteiger partial charge is 0.338 e. The van der Waals surface area contributed by atoms with Crippen molar-refractivity contribution in [1.82, 2.24) is 5.43 Å². The molecule has 4 N–H and O–H groups in total. The summed E-state index contributed by atoms with van der Waals surface area (Å²) in [5.74, 6) is 0. The molecule has 120 valence electrons. The van der Waals surface area contributed by atoms with E-state index in [2.05, 4.69) is 10.7 Å². The summed E-state index contributed by atoms with van der Waals surface area (Å²) < 4.78 is 0. The predicted molar refractivity (Wildman–Crippen MR) is 94.6 cm³/mol. The number of anilines is 2. The highest BCUT2D eigenvalue weighted by Crippen LogP contribution is 2.25. The molecule has 0 saturated carbocycles. The summed E-state index contributed by atoms with van der Waals surface area (Å²) >= 11 is 0. The number of hydrazine groups is 1. The Morgan fingerprint density at radius 2 is 1.50 bits per heavy atom. The van der Waals surface area contributed by atoms with Gasteiger partial charge in [0.2, 0.25) is 0 Å². The number of hydrogen-bond donors (Lipinski definition) is 3. The molecule has 0 spiro atoms. The third-order valence-electron chi connectivity index (χ3n) is 3.47. The Hall–Kier alpha value is -3.54. The Balaban J connectivity index is 1.87. The molecule has 3 aromatic rings. The fraction of sp³-hybridized carbons (Fsp3) is 0. The van der Waals surface area contributed by atoms with Gasteiger partial charge in [-0.05, 0) is 23.6 Å². The van der Waals surface area contributed by atoms with Gasteiger partial charge in [0.15, 0.2) is 0 Å². The van der Waals surface area contributed by atoms with Crippen LogP contribution in [0.25, 0.3) is 10.8 Å². The molecule has 0 fully saturated rings. The van der Waals surface area contributed by atoms with Crippen LogP contribution in [0.3, 0.4) is 0 Å². The summed E-state index contributed by atoms with van der Waals surface area (Å²) in [6, 6.07) is 20.5. The number of nitrogens with zero attached hydrogens (tertiary/aromatic N) is 1. The third kappa shape index (κ3) is 3.27. The summed E-state index contributed by atoms with van der Waals surface area (Å²) in [7, 11) is 0. The van der Waals surface area contributed by atoms with Gasteiger partial charge in [0.05, 0.1) is 5.69 Å². The first-order chi connectivity index (χ1) is 11.6. The summed E-state index contributed by atoms with van der Waals surface area (Å²) in [5, 5.41) is 5.42. The number of urea groups is 2. The van der Waals surface area contributed by atoms with Crippen molar-refractivity contribution in [3.8, 4) is 0 Å². The largest absolute Gasteiger partial charge is 0.350 e. The van der Waals surface area contributed by atoms with Crippen LogP contribution in [0.1, 0.15) is 0 Å². The van der Waals surface area contributed by atoms with E-state index in [1.165, 1.54) is 0 Å². The molecule has 0 aliphatic heterocycles. The summed E-state index contributed by atoms with van der Waals surface area (Å²) in [5.41, 5.74) is 9.04. The topological polar surface area (TPSA) is 87.5 Å². The van der Waals surface area contributed by atoms with E-state index in [0.29, 0.717) is 11.4 Å². The van der Waals surface area contributed by atoms with E-state index in [1.54, 1.807) is 36.4 Å². The Bertz CT molecular complexity index is 875. The average Bonchev–Trinajstić information content (AvgIpc) is 2.60. The van der Waals surface area contributed by atoms with E-state index in [0.717, 1.165) is 15.8 Å². The highest BCUT2D eigenvalue weighted by Gasteiger charge is 2.17. The highest BCUT2D eigenvalue weighted by atomic mass is 16.2. The van der Waals surface area contributed by atoms with Crippen molar-refractivity contribution in [2.45, 2.75) is 0 Å². The normalized spacial score (nSPS) is 10.2. The lowest BCUT2D eigenvalue weighted by Crippen LogP contribution is -2.50. The number of para-hydroxylation sites is 1. The standard InChI is InChI=1S/C18H16N4O2/c19-17(23)22(21-18(24)20-14-9-2-1-3-10-14)16-12-6-8-13-7-4-5-11-15(13)16/h1-12H,(H2,19,23)(H2,20,21,24). The van der Waals surface area contributed by atoms with E-state index >= 15 is 0 Å². The van der Waals surface area contributed by atoms with E-state index in [4.69, 9.17) is 5.73 Å². The molecule has 0 unspecified atom stereocenters. The minimum Gasteiger partial charge on any atom is -0.350 e. The van der Waals surface area contributed by atoms with Crippen LogP contribution in [0.4, 0.5) is 21.0 Å². The fourth-order valence-corrected chi connectivity index (χ4v) is 2.42. The maximum absolute atomic E-state index is 12.2. The molecular formula is C18H16N4O2. The van der Waals surface area contributed by atoms with E-state index in [1.807, 2.05) is 36.4 Å². The molecule has 3 aromatic carbocycles. The van der Waals surface area contributed by atoms with E-state index < -0.39 is 12.1 Å². The van der Waals surface area contributed by atoms with Gasteiger partial charge in [-0.2, -0.15) is 0 Å². The van der Waals surface area contributed by atoms with Crippen LogP contribution in [-0.2, 0) is 0 Å². The van der Waals surface area contributed by atoms with Crippen LogP contribution in [0.5, 0.6) is 0 Å². The molecule has 0 saturated heterocycles. The molecule has 3 rings (SSSR count). The Labute approximate surface area is 138 Å². The summed E-state index contributed by atoms with van der Waals surface area (Å²) in [6.45, 7) is 0. The molecule has 0 heterocycles. The first-order valence-electron chi connectivity index (χ1n) is 7.35. The van der Waals surface area contributed by atoms with Crippen molar-refractivity contribution in [3.05, 3.63) is 72.8 Å². The molecular weight excluding hydrogens is 304 g/mol. The second-order valence-electron chi connectivity index (χ2n) is 5.10. The quantitative estimate of drug-likeness (QED) is 0.631. The SMILES string of the molecule is NC(=O)N(NC(=O)Nc1ccccc1)c1cccc2ccccc12. The van der Waals surface area contributed by atoms with Gasteiger partial charge < -0.3 is 11.1 Å². The van der Waals surface area contributed by atoms with Crippen LogP contribution >= 0.6 is 0 Å². The van der Waals surface area contributed by atoms with Crippen LogP contribution in [0.2, 0.25) is 0 Å². The molecule has 6 nitrogen and oxygen atoms in total. The van der Waals surface area contributed by atoms with Crippen molar-refractivity contribution in [3.63, 3.8) is 0 Å². The molecule has 0 radical (unpaired) electrons. The molecule has 0 aromatic heterocycles. The number of nitrogens with two attached hydrogens (primary N) is 1. The predicted octanol–water partition coefficient (Wildman–Crippen LogP) is 3.46. The molecule has 4 amide bonds. The highest BCUT2D eigenvalue weighted by molar-refractivity contribution is 6.05. The molecule has 6 heteroatoms. The summed E-state index contributed by atoms with van der Waals surface area (Å²) in [4.78, 5) is 24.0. The van der Waals surface area contributed by atoms with Crippen molar-refractivity contribution >= 4 is 34.2 Å². The van der Waals surface area contributed by atoms with Gasteiger partial charge in [-0.1, -0.05) is 54.6 Å². The average molecular weight is 320 g/mol. The number of rotatable bonds is 2. The third-order valence-corrected chi connectivity index (χ3v) is 3.47. The molecule has 0 bridgehead atoms. The Kier molecular flexibility index (Phi) is 4.29. The van der Waals surface area contributed by atoms with Gasteiger partial charge in [-0.15, -0.1) is 0 Å². The number of hydrogen-bond acceptors (Lipinski definition) is 2. The number of carbonyl (C=O) groups excluding carboxylic acids is 2. The second-order valence-corrected chi connectivity index (χ2v) is 5.10. The lowest BCUT2D eigenvalue weighted by Gasteiger charge is -2.22. The van der Waals surface area contributed by atoms with Crippen molar-refractivity contribution in [2.75, 3.05) is 10.3 Å². The number of benzene rings is 3. The molecule has 0 aliphatic carbocycles. The monoisotopic (exact) mass is 320 g/mol. The maximum Gasteiger partial charge on any atom is 0.338 e. The van der Waals surface area contributed by atoms with Crippen LogP contribution < -0.4 is 21.5 Å². The minimum absolute atomic E-state index is 0.504. The number of fused-ring (bicyclic) bond motifs is 1. The van der Waals surface area contributed by atoms with Gasteiger partial charge in [0, 0.05) is 11.1 Å². The lowest BCUT2D eigenvalue weighted by atomic mass is 10.1. The number of carbonyl (C=O) groups is 2. The first-order valence-corrected chi connectivity index (χ1v) is 7.35. The molecule has 0 aliphatic rings. The fourth-order valence-electron chi connectivity index (χ4n) is 2.42. The Morgan fingerprint density at radius 1 is 0.833 bits per heavy atom. The van der Waals surface area contributed by atoms with E-state index in [9.17, 15) is 9.59 Å². The molecule has 0 atom stereocenters. The minimum atomic E-state index is -0.783. The summed E-state index contributed by atoms with van der Waals surface area (Å²) in [6.07, 6.45) is 0. The van der Waals surface area contributed by atoms with E-state index in [-0.39, 0.29) is 0 Å². The lowest BCUT2D eigenvalue weighted by molar-refractivity contribution is 0.242. The van der Waals surface area contributed by atoms with Gasteiger partial charge in [0.1, 0.15) is 0 Å². The van der Waals surface area contributed by atoms with Crippen LogP contribution in [0.15, 0.2) is 72.8 Å². The van der Waals surface area contributed by atoms with Crippen molar-refractivity contribution in [2.24, 2.45) is 5.73 Å². The zero-order valence-corrected chi connectivity index (χ0v) is 12.8. The van der Waals surface area contributed by atoms with Crippen molar-refractivity contribution in [1.29, 1.82) is 0 Å². The second kappa shape index (κ2) is 6.70.